The predicted molar refractivity (Wildman–Crippen MR) is 89.3 cm³/mol. The second-order valence-electron chi connectivity index (χ2n) is 5.34. The zero-order valence-corrected chi connectivity index (χ0v) is 14.2. The summed E-state index contributed by atoms with van der Waals surface area (Å²) >= 11 is 0. The molecule has 2 rings (SSSR count). The lowest BCUT2D eigenvalue weighted by Crippen LogP contribution is -2.04. The summed E-state index contributed by atoms with van der Waals surface area (Å²) in [4.78, 5) is 23.3. The van der Waals surface area contributed by atoms with Crippen molar-refractivity contribution in [1.29, 1.82) is 0 Å². The largest absolute Gasteiger partial charge is 0.465 e. The number of nitrogens with zero attached hydrogens (tertiary/aromatic N) is 2. The van der Waals surface area contributed by atoms with Gasteiger partial charge in [-0.15, -0.1) is 0 Å². The third-order valence-electron chi connectivity index (χ3n) is 3.68. The van der Waals surface area contributed by atoms with E-state index in [-0.39, 0.29) is 6.61 Å². The SMILES string of the molecule is COC(=O)c1cccc(COC(=O)/C=C\c2c(C)nn(C)c2C)c1. The molecule has 24 heavy (non-hydrogen) atoms. The molecule has 0 saturated heterocycles. The molecule has 1 aromatic carbocycles. The van der Waals surface area contributed by atoms with Crippen molar-refractivity contribution in [2.75, 3.05) is 7.11 Å². The fourth-order valence-corrected chi connectivity index (χ4v) is 2.29. The summed E-state index contributed by atoms with van der Waals surface area (Å²) in [7, 11) is 3.18. The maximum Gasteiger partial charge on any atom is 0.337 e. The number of ether oxygens (including phenoxy) is 2. The van der Waals surface area contributed by atoms with E-state index >= 15 is 0 Å². The highest BCUT2D eigenvalue weighted by Crippen LogP contribution is 2.14. The molecule has 0 aliphatic heterocycles. The van der Waals surface area contributed by atoms with Crippen LogP contribution in [0.15, 0.2) is 30.3 Å². The highest BCUT2D eigenvalue weighted by molar-refractivity contribution is 5.89. The maximum atomic E-state index is 11.9. The van der Waals surface area contributed by atoms with Crippen molar-refractivity contribution >= 4 is 18.0 Å². The molecule has 2 aromatic rings. The second-order valence-corrected chi connectivity index (χ2v) is 5.34. The summed E-state index contributed by atoms with van der Waals surface area (Å²) in [6.07, 6.45) is 3.08. The molecule has 1 aromatic heterocycles. The van der Waals surface area contributed by atoms with Crippen LogP contribution in [0.1, 0.15) is 32.9 Å². The first-order valence-electron chi connectivity index (χ1n) is 7.44. The van der Waals surface area contributed by atoms with E-state index in [1.54, 1.807) is 35.0 Å². The Labute approximate surface area is 140 Å². The molecule has 0 fully saturated rings. The number of methoxy groups -OCH3 is 1. The van der Waals surface area contributed by atoms with Crippen LogP contribution in [0.4, 0.5) is 0 Å². The number of hydrogen-bond donors (Lipinski definition) is 0. The van der Waals surface area contributed by atoms with Gasteiger partial charge in [-0.1, -0.05) is 12.1 Å². The molecule has 0 aliphatic rings. The third-order valence-corrected chi connectivity index (χ3v) is 3.68. The lowest BCUT2D eigenvalue weighted by molar-refractivity contribution is -0.138. The van der Waals surface area contributed by atoms with E-state index in [2.05, 4.69) is 9.84 Å². The molecule has 1 heterocycles. The smallest absolute Gasteiger partial charge is 0.337 e. The van der Waals surface area contributed by atoms with Crippen molar-refractivity contribution in [3.8, 4) is 0 Å². The molecular formula is C18H20N2O4. The topological polar surface area (TPSA) is 70.4 Å². The van der Waals surface area contributed by atoms with Crippen LogP contribution in [0.2, 0.25) is 0 Å². The molecule has 0 saturated carbocycles. The van der Waals surface area contributed by atoms with E-state index in [0.29, 0.717) is 11.1 Å². The molecule has 0 aliphatic carbocycles. The van der Waals surface area contributed by atoms with Crippen molar-refractivity contribution in [3.63, 3.8) is 0 Å². The first-order chi connectivity index (χ1) is 11.4. The van der Waals surface area contributed by atoms with Crippen molar-refractivity contribution in [3.05, 3.63) is 58.4 Å². The third kappa shape index (κ3) is 4.10. The van der Waals surface area contributed by atoms with Gasteiger partial charge < -0.3 is 9.47 Å². The predicted octanol–water partition coefficient (Wildman–Crippen LogP) is 2.58. The number of aryl methyl sites for hydroxylation is 2. The first-order valence-corrected chi connectivity index (χ1v) is 7.44. The van der Waals surface area contributed by atoms with Gasteiger partial charge in [-0.2, -0.15) is 5.10 Å². The summed E-state index contributed by atoms with van der Waals surface area (Å²) in [6.45, 7) is 3.90. The van der Waals surface area contributed by atoms with Crippen LogP contribution in [-0.2, 0) is 27.9 Å². The Hall–Kier alpha value is -2.89. The van der Waals surface area contributed by atoms with Crippen molar-refractivity contribution in [2.45, 2.75) is 20.5 Å². The zero-order valence-electron chi connectivity index (χ0n) is 14.2. The van der Waals surface area contributed by atoms with Crippen LogP contribution in [-0.4, -0.2) is 28.8 Å². The Morgan fingerprint density at radius 1 is 1.29 bits per heavy atom. The quantitative estimate of drug-likeness (QED) is 0.623. The maximum absolute atomic E-state index is 11.9. The van der Waals surface area contributed by atoms with Crippen LogP contribution in [0.25, 0.3) is 6.08 Å². The minimum atomic E-state index is -0.457. The summed E-state index contributed by atoms with van der Waals surface area (Å²) < 4.78 is 11.6. The van der Waals surface area contributed by atoms with Gasteiger partial charge in [0, 0.05) is 24.4 Å². The molecule has 0 amide bonds. The molecule has 0 radical (unpaired) electrons. The van der Waals surface area contributed by atoms with Crippen LogP contribution < -0.4 is 0 Å². The molecule has 0 N–H and O–H groups in total. The fraction of sp³-hybridized carbons (Fsp3) is 0.278. The molecule has 0 atom stereocenters. The number of rotatable bonds is 5. The normalized spacial score (nSPS) is 10.8. The summed E-state index contributed by atoms with van der Waals surface area (Å²) in [6, 6.07) is 6.77. The van der Waals surface area contributed by atoms with Gasteiger partial charge in [0.2, 0.25) is 0 Å². The van der Waals surface area contributed by atoms with Crippen molar-refractivity contribution in [1.82, 2.24) is 9.78 Å². The summed E-state index contributed by atoms with van der Waals surface area (Å²) in [5.41, 5.74) is 3.87. The minimum Gasteiger partial charge on any atom is -0.465 e. The van der Waals surface area contributed by atoms with Crippen molar-refractivity contribution in [2.24, 2.45) is 7.05 Å². The standard InChI is InChI=1S/C18H20N2O4/c1-12-16(13(2)20(3)19-12)8-9-17(21)24-11-14-6-5-7-15(10-14)18(22)23-4/h5-10H,11H2,1-4H3/b9-8-. The Balaban J connectivity index is 1.98. The molecule has 0 spiro atoms. The van der Waals surface area contributed by atoms with Crippen molar-refractivity contribution < 1.29 is 19.1 Å². The van der Waals surface area contributed by atoms with Gasteiger partial charge >= 0.3 is 11.9 Å². The fourth-order valence-electron chi connectivity index (χ4n) is 2.29. The average molecular weight is 328 g/mol. The molecule has 0 bridgehead atoms. The highest BCUT2D eigenvalue weighted by Gasteiger charge is 2.08. The van der Waals surface area contributed by atoms with E-state index in [1.807, 2.05) is 20.9 Å². The van der Waals surface area contributed by atoms with Crippen LogP contribution in [0.5, 0.6) is 0 Å². The van der Waals surface area contributed by atoms with E-state index in [0.717, 1.165) is 17.0 Å². The van der Waals surface area contributed by atoms with Gasteiger partial charge in [0.05, 0.1) is 18.4 Å². The highest BCUT2D eigenvalue weighted by atomic mass is 16.5. The van der Waals surface area contributed by atoms with E-state index < -0.39 is 11.9 Å². The monoisotopic (exact) mass is 328 g/mol. The first kappa shape index (κ1) is 17.5. The van der Waals surface area contributed by atoms with Crippen LogP contribution in [0.3, 0.4) is 0 Å². The summed E-state index contributed by atoms with van der Waals surface area (Å²) in [5, 5.41) is 4.29. The Morgan fingerprint density at radius 3 is 2.67 bits per heavy atom. The number of benzene rings is 1. The van der Waals surface area contributed by atoms with Gasteiger partial charge in [0.25, 0.3) is 0 Å². The van der Waals surface area contributed by atoms with Gasteiger partial charge in [-0.25, -0.2) is 9.59 Å². The van der Waals surface area contributed by atoms with Gasteiger partial charge in [-0.05, 0) is 37.6 Å². The number of hydrogen-bond acceptors (Lipinski definition) is 5. The Kier molecular flexibility index (Phi) is 5.52. The molecular weight excluding hydrogens is 308 g/mol. The Bertz CT molecular complexity index is 790. The van der Waals surface area contributed by atoms with Gasteiger partial charge in [0.1, 0.15) is 6.61 Å². The number of esters is 2. The molecule has 0 unspecified atom stereocenters. The minimum absolute atomic E-state index is 0.0824. The van der Waals surface area contributed by atoms with Crippen LogP contribution in [0, 0.1) is 13.8 Å². The number of carbonyl (C=O) groups is 2. The number of aromatic nitrogens is 2. The zero-order chi connectivity index (χ0) is 17.7. The van der Waals surface area contributed by atoms with Gasteiger partial charge in [0.15, 0.2) is 0 Å². The molecule has 6 nitrogen and oxygen atoms in total. The lowest BCUT2D eigenvalue weighted by atomic mass is 10.1. The van der Waals surface area contributed by atoms with Gasteiger partial charge in [-0.3, -0.25) is 4.68 Å². The number of carbonyl (C=O) groups excluding carboxylic acids is 2. The second kappa shape index (κ2) is 7.59. The molecule has 6 heteroatoms. The van der Waals surface area contributed by atoms with Crippen LogP contribution >= 0.6 is 0 Å². The Morgan fingerprint density at radius 2 is 2.04 bits per heavy atom. The van der Waals surface area contributed by atoms with E-state index in [4.69, 9.17) is 4.74 Å². The average Bonchev–Trinajstić information content (AvgIpc) is 2.83. The van der Waals surface area contributed by atoms with E-state index in [1.165, 1.54) is 13.2 Å². The lowest BCUT2D eigenvalue weighted by Gasteiger charge is -2.04. The van der Waals surface area contributed by atoms with E-state index in [9.17, 15) is 9.59 Å². The summed E-state index contributed by atoms with van der Waals surface area (Å²) in [5.74, 6) is -0.883. The molecule has 126 valence electrons.